The second-order valence-corrected chi connectivity index (χ2v) is 5.79. The number of hydrogen-bond donors (Lipinski definition) is 3. The standard InChI is InChI=1S/C15H20N2O3/c1-14(9-6-10-14)16-13(20)17-15(2,12(18)19)11-7-4-3-5-8-11/h3-5,7-8H,6,9-10H2,1-2H3,(H,18,19)(H2,16,17,20). The van der Waals surface area contributed by atoms with Gasteiger partial charge in [0.25, 0.3) is 0 Å². The summed E-state index contributed by atoms with van der Waals surface area (Å²) in [5, 5.41) is 14.9. The number of carboxylic acids is 1. The molecule has 1 fully saturated rings. The van der Waals surface area contributed by atoms with Crippen LogP contribution in [0, 0.1) is 0 Å². The zero-order chi connectivity index (χ0) is 14.8. The normalized spacial score (nSPS) is 19.3. The molecule has 3 N–H and O–H groups in total. The van der Waals surface area contributed by atoms with Crippen molar-refractivity contribution in [2.24, 2.45) is 0 Å². The molecule has 2 amide bonds. The molecule has 0 radical (unpaired) electrons. The van der Waals surface area contributed by atoms with Gasteiger partial charge in [-0.3, -0.25) is 0 Å². The topological polar surface area (TPSA) is 78.4 Å². The summed E-state index contributed by atoms with van der Waals surface area (Å²) < 4.78 is 0. The largest absolute Gasteiger partial charge is 0.479 e. The van der Waals surface area contributed by atoms with E-state index >= 15 is 0 Å². The van der Waals surface area contributed by atoms with Gasteiger partial charge in [-0.25, -0.2) is 9.59 Å². The monoisotopic (exact) mass is 276 g/mol. The second-order valence-electron chi connectivity index (χ2n) is 5.79. The van der Waals surface area contributed by atoms with Crippen molar-refractivity contribution in [3.8, 4) is 0 Å². The zero-order valence-electron chi connectivity index (χ0n) is 11.8. The number of benzene rings is 1. The van der Waals surface area contributed by atoms with Gasteiger partial charge in [-0.1, -0.05) is 30.3 Å². The highest BCUT2D eigenvalue weighted by atomic mass is 16.4. The third-order valence-corrected chi connectivity index (χ3v) is 4.01. The number of rotatable bonds is 4. The second kappa shape index (κ2) is 5.15. The molecule has 1 unspecified atom stereocenters. The molecule has 0 aromatic heterocycles. The van der Waals surface area contributed by atoms with E-state index in [4.69, 9.17) is 0 Å². The highest BCUT2D eigenvalue weighted by Crippen LogP contribution is 2.31. The van der Waals surface area contributed by atoms with Crippen molar-refractivity contribution in [3.63, 3.8) is 0 Å². The lowest BCUT2D eigenvalue weighted by Crippen LogP contribution is -2.59. The predicted molar refractivity (Wildman–Crippen MR) is 75.4 cm³/mol. The summed E-state index contributed by atoms with van der Waals surface area (Å²) in [5.41, 5.74) is -1.10. The average Bonchev–Trinajstić information content (AvgIpc) is 2.37. The summed E-state index contributed by atoms with van der Waals surface area (Å²) >= 11 is 0. The number of carbonyl (C=O) groups is 2. The van der Waals surface area contributed by atoms with Crippen LogP contribution in [-0.4, -0.2) is 22.6 Å². The maximum Gasteiger partial charge on any atom is 0.333 e. The number of carboxylic acid groups (broad SMARTS) is 1. The van der Waals surface area contributed by atoms with E-state index in [1.54, 1.807) is 30.3 Å². The summed E-state index contributed by atoms with van der Waals surface area (Å²) in [5.74, 6) is -1.09. The minimum Gasteiger partial charge on any atom is -0.479 e. The van der Waals surface area contributed by atoms with Crippen molar-refractivity contribution in [1.29, 1.82) is 0 Å². The van der Waals surface area contributed by atoms with E-state index in [0.717, 1.165) is 19.3 Å². The summed E-state index contributed by atoms with van der Waals surface area (Å²) in [6.07, 6.45) is 2.94. The Labute approximate surface area is 118 Å². The Hall–Kier alpha value is -2.04. The Balaban J connectivity index is 2.13. The van der Waals surface area contributed by atoms with Crippen LogP contribution in [0.15, 0.2) is 30.3 Å². The molecule has 2 rings (SSSR count). The molecule has 20 heavy (non-hydrogen) atoms. The van der Waals surface area contributed by atoms with Crippen molar-refractivity contribution in [1.82, 2.24) is 10.6 Å². The van der Waals surface area contributed by atoms with E-state index in [1.807, 2.05) is 6.92 Å². The van der Waals surface area contributed by atoms with Crippen molar-refractivity contribution >= 4 is 12.0 Å². The fraction of sp³-hybridized carbons (Fsp3) is 0.467. The Morgan fingerprint density at radius 3 is 2.30 bits per heavy atom. The van der Waals surface area contributed by atoms with Crippen LogP contribution < -0.4 is 10.6 Å². The number of aliphatic carboxylic acids is 1. The molecule has 1 atom stereocenters. The van der Waals surface area contributed by atoms with Crippen LogP contribution in [0.25, 0.3) is 0 Å². The maximum absolute atomic E-state index is 12.1. The quantitative estimate of drug-likeness (QED) is 0.789. The van der Waals surface area contributed by atoms with Gasteiger partial charge < -0.3 is 15.7 Å². The SMILES string of the molecule is CC1(NC(=O)NC(C)(C(=O)O)c2ccccc2)CCC1. The summed E-state index contributed by atoms with van der Waals surface area (Å²) in [4.78, 5) is 23.6. The third-order valence-electron chi connectivity index (χ3n) is 4.01. The minimum atomic E-state index is -1.44. The molecule has 0 heterocycles. The number of carbonyl (C=O) groups excluding carboxylic acids is 1. The molecule has 0 saturated heterocycles. The van der Waals surface area contributed by atoms with E-state index in [9.17, 15) is 14.7 Å². The predicted octanol–water partition coefficient (Wildman–Crippen LogP) is 2.23. The molecule has 1 aromatic rings. The molecule has 0 spiro atoms. The van der Waals surface area contributed by atoms with Crippen molar-refractivity contribution in [2.75, 3.05) is 0 Å². The summed E-state index contributed by atoms with van der Waals surface area (Å²) in [7, 11) is 0. The number of nitrogens with one attached hydrogen (secondary N) is 2. The molecule has 0 aliphatic heterocycles. The molecule has 5 heteroatoms. The lowest BCUT2D eigenvalue weighted by Gasteiger charge is -2.40. The van der Waals surface area contributed by atoms with Gasteiger partial charge in [0, 0.05) is 5.54 Å². The maximum atomic E-state index is 12.1. The molecule has 5 nitrogen and oxygen atoms in total. The molecule has 1 aliphatic rings. The Kier molecular flexibility index (Phi) is 3.70. The van der Waals surface area contributed by atoms with Crippen molar-refractivity contribution in [2.45, 2.75) is 44.2 Å². The fourth-order valence-electron chi connectivity index (χ4n) is 2.39. The Bertz CT molecular complexity index is 511. The number of urea groups is 1. The first-order chi connectivity index (χ1) is 9.36. The molecular formula is C15H20N2O3. The first-order valence-electron chi connectivity index (χ1n) is 6.75. The van der Waals surface area contributed by atoms with Crippen LogP contribution in [-0.2, 0) is 10.3 Å². The van der Waals surface area contributed by atoms with Gasteiger partial charge in [-0.2, -0.15) is 0 Å². The van der Waals surface area contributed by atoms with Gasteiger partial charge in [0.1, 0.15) is 0 Å². The molecule has 0 bridgehead atoms. The third kappa shape index (κ3) is 2.76. The fourth-order valence-corrected chi connectivity index (χ4v) is 2.39. The van der Waals surface area contributed by atoms with Gasteiger partial charge in [0.15, 0.2) is 5.54 Å². The lowest BCUT2D eigenvalue weighted by atomic mass is 9.79. The minimum absolute atomic E-state index is 0.208. The first-order valence-corrected chi connectivity index (χ1v) is 6.75. The van der Waals surface area contributed by atoms with E-state index in [-0.39, 0.29) is 5.54 Å². The molecule has 1 saturated carbocycles. The van der Waals surface area contributed by atoms with Crippen LogP contribution in [0.1, 0.15) is 38.7 Å². The highest BCUT2D eigenvalue weighted by Gasteiger charge is 2.39. The summed E-state index contributed by atoms with van der Waals surface area (Å²) in [6.45, 7) is 3.46. The van der Waals surface area contributed by atoms with Crippen LogP contribution in [0.5, 0.6) is 0 Å². The van der Waals surface area contributed by atoms with Gasteiger partial charge in [0.2, 0.25) is 0 Å². The van der Waals surface area contributed by atoms with E-state index in [0.29, 0.717) is 5.56 Å². The van der Waals surface area contributed by atoms with E-state index in [1.165, 1.54) is 6.92 Å². The molecule has 108 valence electrons. The van der Waals surface area contributed by atoms with Gasteiger partial charge in [-0.15, -0.1) is 0 Å². The Morgan fingerprint density at radius 1 is 1.25 bits per heavy atom. The number of hydrogen-bond acceptors (Lipinski definition) is 2. The lowest BCUT2D eigenvalue weighted by molar-refractivity contribution is -0.144. The smallest absolute Gasteiger partial charge is 0.333 e. The molecule has 1 aromatic carbocycles. The summed E-state index contributed by atoms with van der Waals surface area (Å²) in [6, 6.07) is 8.26. The zero-order valence-corrected chi connectivity index (χ0v) is 11.8. The number of amides is 2. The van der Waals surface area contributed by atoms with Crippen LogP contribution in [0.4, 0.5) is 4.79 Å². The van der Waals surface area contributed by atoms with Crippen LogP contribution in [0.3, 0.4) is 0 Å². The first kappa shape index (κ1) is 14.4. The average molecular weight is 276 g/mol. The van der Waals surface area contributed by atoms with Crippen molar-refractivity contribution < 1.29 is 14.7 Å². The molecular weight excluding hydrogens is 256 g/mol. The van der Waals surface area contributed by atoms with E-state index < -0.39 is 17.5 Å². The Morgan fingerprint density at radius 2 is 1.85 bits per heavy atom. The van der Waals surface area contributed by atoms with Crippen LogP contribution in [0.2, 0.25) is 0 Å². The van der Waals surface area contributed by atoms with Gasteiger partial charge in [-0.05, 0) is 38.7 Å². The van der Waals surface area contributed by atoms with E-state index in [2.05, 4.69) is 10.6 Å². The highest BCUT2D eigenvalue weighted by molar-refractivity contribution is 5.87. The van der Waals surface area contributed by atoms with Gasteiger partial charge in [0.05, 0.1) is 0 Å². The van der Waals surface area contributed by atoms with Crippen LogP contribution >= 0.6 is 0 Å². The van der Waals surface area contributed by atoms with Crippen molar-refractivity contribution in [3.05, 3.63) is 35.9 Å². The van der Waals surface area contributed by atoms with Gasteiger partial charge >= 0.3 is 12.0 Å². The molecule has 1 aliphatic carbocycles.